The minimum Gasteiger partial charge on any atom is -0.504 e. The van der Waals surface area contributed by atoms with E-state index in [1.54, 1.807) is 13.8 Å². The van der Waals surface area contributed by atoms with Crippen LogP contribution in [-0.2, 0) is 19.1 Å². The Morgan fingerprint density at radius 1 is 1.15 bits per heavy atom. The molecule has 1 heterocycles. The van der Waals surface area contributed by atoms with Crippen LogP contribution in [0, 0.1) is 34.5 Å². The molecule has 142 valence electrons. The number of aliphatic hydroxyl groups is 2. The first-order chi connectivity index (χ1) is 12.0. The first-order valence-electron chi connectivity index (χ1n) is 9.40. The van der Waals surface area contributed by atoms with Gasteiger partial charge in [0.15, 0.2) is 11.5 Å². The molecule has 1 saturated heterocycles. The molecule has 0 aromatic carbocycles. The summed E-state index contributed by atoms with van der Waals surface area (Å²) in [5, 5.41) is 20.9. The Morgan fingerprint density at radius 2 is 1.81 bits per heavy atom. The number of aliphatic hydroxyl groups excluding tert-OH is 2. The van der Waals surface area contributed by atoms with Crippen LogP contribution in [0.4, 0.5) is 0 Å². The summed E-state index contributed by atoms with van der Waals surface area (Å²) >= 11 is 0. The van der Waals surface area contributed by atoms with E-state index in [-0.39, 0.29) is 41.7 Å². The second-order valence-electron chi connectivity index (χ2n) is 9.15. The van der Waals surface area contributed by atoms with Gasteiger partial charge in [0, 0.05) is 22.7 Å². The van der Waals surface area contributed by atoms with Crippen LogP contribution in [0.3, 0.4) is 0 Å². The van der Waals surface area contributed by atoms with Crippen LogP contribution in [-0.4, -0.2) is 40.0 Å². The summed E-state index contributed by atoms with van der Waals surface area (Å²) in [7, 11) is 0. The normalized spacial score (nSPS) is 50.9. The number of hydrogen-bond donors (Lipinski definition) is 2. The zero-order valence-corrected chi connectivity index (χ0v) is 15.6. The van der Waals surface area contributed by atoms with E-state index < -0.39 is 34.7 Å². The maximum Gasteiger partial charge on any atom is 0.306 e. The number of hydrogen-bond acceptors (Lipinski definition) is 6. The molecule has 0 radical (unpaired) electrons. The SMILES string of the molecule is CC1=C(O)C(=O)[C@@H]2[C@@]3(C)C(=O)[C@@H](O)C[C@@H](C)[C@@H]3C[C@H]3OC(=O)C[C@@H]1[C@@]23C. The lowest BCUT2D eigenvalue weighted by molar-refractivity contribution is -0.224. The van der Waals surface area contributed by atoms with Gasteiger partial charge in [0.2, 0.25) is 5.78 Å². The predicted octanol–water partition coefficient (Wildman–Crippen LogP) is 1.95. The van der Waals surface area contributed by atoms with Crippen molar-refractivity contribution >= 4 is 17.5 Å². The number of carbonyl (C=O) groups excluding carboxylic acids is 3. The Kier molecular flexibility index (Phi) is 3.53. The first kappa shape index (κ1) is 17.7. The number of fused-ring (bicyclic) bond motifs is 2. The molecule has 6 heteroatoms. The second kappa shape index (κ2) is 5.18. The largest absolute Gasteiger partial charge is 0.504 e. The average Bonchev–Trinajstić information content (AvgIpc) is 2.56. The number of allylic oxidation sites excluding steroid dienone is 2. The van der Waals surface area contributed by atoms with Gasteiger partial charge < -0.3 is 14.9 Å². The van der Waals surface area contributed by atoms with Crippen molar-refractivity contribution < 1.29 is 29.3 Å². The minimum atomic E-state index is -1.10. The number of Topliss-reactive ketones (excluding diaryl/α,β-unsaturated/α-hetero) is 2. The molecule has 2 N–H and O–H groups in total. The summed E-state index contributed by atoms with van der Waals surface area (Å²) in [6.07, 6.45) is -0.610. The van der Waals surface area contributed by atoms with Gasteiger partial charge >= 0.3 is 5.97 Å². The number of ketones is 2. The summed E-state index contributed by atoms with van der Waals surface area (Å²) in [5.74, 6) is -2.72. The van der Waals surface area contributed by atoms with E-state index in [1.165, 1.54) is 0 Å². The third-order valence-corrected chi connectivity index (χ3v) is 8.06. The van der Waals surface area contributed by atoms with E-state index in [1.807, 2.05) is 13.8 Å². The highest BCUT2D eigenvalue weighted by Gasteiger charge is 2.72. The summed E-state index contributed by atoms with van der Waals surface area (Å²) in [6, 6.07) is 0. The van der Waals surface area contributed by atoms with Gasteiger partial charge in [0.25, 0.3) is 0 Å². The van der Waals surface area contributed by atoms with E-state index in [0.29, 0.717) is 18.4 Å². The molecule has 3 fully saturated rings. The smallest absolute Gasteiger partial charge is 0.306 e. The molecular weight excluding hydrogens is 336 g/mol. The number of esters is 1. The number of carbonyl (C=O) groups is 3. The molecule has 3 aliphatic carbocycles. The highest BCUT2D eigenvalue weighted by atomic mass is 16.5. The summed E-state index contributed by atoms with van der Waals surface area (Å²) in [6.45, 7) is 7.33. The standard InChI is InChI=1S/C20H26O6/c1-8-5-12(21)18(25)20(4)10(8)6-13-19(3)11(7-14(22)26-13)9(2)15(23)16(24)17(19)20/h8,10-13,17,21,23H,5-7H2,1-4H3/t8-,10+,11+,12+,13-,17+,19-,20+/m1/s1. The molecular formula is C20H26O6. The van der Waals surface area contributed by atoms with Gasteiger partial charge in [-0.2, -0.15) is 0 Å². The number of rotatable bonds is 0. The molecule has 2 saturated carbocycles. The Bertz CT molecular complexity index is 753. The predicted molar refractivity (Wildman–Crippen MR) is 90.9 cm³/mol. The summed E-state index contributed by atoms with van der Waals surface area (Å²) < 4.78 is 5.70. The molecule has 1 aliphatic heterocycles. The summed E-state index contributed by atoms with van der Waals surface area (Å²) in [5.41, 5.74) is -1.32. The van der Waals surface area contributed by atoms with E-state index in [0.717, 1.165) is 0 Å². The zero-order chi connectivity index (χ0) is 19.2. The average molecular weight is 362 g/mol. The molecule has 0 bridgehead atoms. The van der Waals surface area contributed by atoms with Gasteiger partial charge in [0.1, 0.15) is 12.2 Å². The van der Waals surface area contributed by atoms with E-state index >= 15 is 0 Å². The van der Waals surface area contributed by atoms with Gasteiger partial charge in [-0.15, -0.1) is 0 Å². The van der Waals surface area contributed by atoms with Crippen LogP contribution in [0.5, 0.6) is 0 Å². The van der Waals surface area contributed by atoms with Gasteiger partial charge in [-0.05, 0) is 37.2 Å². The van der Waals surface area contributed by atoms with Crippen molar-refractivity contribution in [2.24, 2.45) is 34.5 Å². The third kappa shape index (κ3) is 1.83. The quantitative estimate of drug-likeness (QED) is 0.639. The molecule has 0 unspecified atom stereocenters. The molecule has 0 aromatic rings. The van der Waals surface area contributed by atoms with Crippen molar-refractivity contribution in [1.82, 2.24) is 0 Å². The molecule has 4 rings (SSSR count). The Balaban J connectivity index is 1.97. The Labute approximate surface area is 152 Å². The monoisotopic (exact) mass is 362 g/mol. The lowest BCUT2D eigenvalue weighted by Crippen LogP contribution is -2.70. The van der Waals surface area contributed by atoms with Crippen LogP contribution in [0.2, 0.25) is 0 Å². The second-order valence-corrected chi connectivity index (χ2v) is 9.15. The van der Waals surface area contributed by atoms with Crippen molar-refractivity contribution in [2.75, 3.05) is 0 Å². The molecule has 4 aliphatic rings. The van der Waals surface area contributed by atoms with Crippen LogP contribution in [0.1, 0.15) is 47.0 Å². The fourth-order valence-electron chi connectivity index (χ4n) is 6.77. The lowest BCUT2D eigenvalue weighted by atomic mass is 9.39. The maximum absolute atomic E-state index is 13.2. The topological polar surface area (TPSA) is 101 Å². The summed E-state index contributed by atoms with van der Waals surface area (Å²) in [4.78, 5) is 38.6. The Morgan fingerprint density at radius 3 is 2.46 bits per heavy atom. The maximum atomic E-state index is 13.2. The van der Waals surface area contributed by atoms with E-state index in [4.69, 9.17) is 4.74 Å². The van der Waals surface area contributed by atoms with Gasteiger partial charge in [0.05, 0.1) is 6.42 Å². The molecule has 0 spiro atoms. The fraction of sp³-hybridized carbons (Fsp3) is 0.750. The van der Waals surface area contributed by atoms with Crippen LogP contribution < -0.4 is 0 Å². The van der Waals surface area contributed by atoms with Crippen LogP contribution >= 0.6 is 0 Å². The van der Waals surface area contributed by atoms with Crippen molar-refractivity contribution in [3.05, 3.63) is 11.3 Å². The van der Waals surface area contributed by atoms with Crippen LogP contribution in [0.15, 0.2) is 11.3 Å². The molecule has 8 atom stereocenters. The molecule has 0 amide bonds. The first-order valence-corrected chi connectivity index (χ1v) is 9.40. The fourth-order valence-corrected chi connectivity index (χ4v) is 6.77. The third-order valence-electron chi connectivity index (χ3n) is 8.06. The highest BCUT2D eigenvalue weighted by molar-refractivity contribution is 6.03. The Hall–Kier alpha value is -1.69. The van der Waals surface area contributed by atoms with Gasteiger partial charge in [-0.25, -0.2) is 0 Å². The van der Waals surface area contributed by atoms with Gasteiger partial charge in [-0.1, -0.05) is 20.8 Å². The lowest BCUT2D eigenvalue weighted by Gasteiger charge is -2.64. The van der Waals surface area contributed by atoms with E-state index in [2.05, 4.69) is 0 Å². The highest BCUT2D eigenvalue weighted by Crippen LogP contribution is 2.67. The molecule has 26 heavy (non-hydrogen) atoms. The molecule has 6 nitrogen and oxygen atoms in total. The number of ether oxygens (including phenoxy) is 1. The zero-order valence-electron chi connectivity index (χ0n) is 15.6. The van der Waals surface area contributed by atoms with E-state index in [9.17, 15) is 24.6 Å². The molecule has 0 aromatic heterocycles. The van der Waals surface area contributed by atoms with Crippen molar-refractivity contribution in [3.8, 4) is 0 Å². The van der Waals surface area contributed by atoms with Crippen molar-refractivity contribution in [2.45, 2.75) is 59.2 Å². The minimum absolute atomic E-state index is 0.0123. The van der Waals surface area contributed by atoms with Crippen molar-refractivity contribution in [1.29, 1.82) is 0 Å². The van der Waals surface area contributed by atoms with Crippen LogP contribution in [0.25, 0.3) is 0 Å². The van der Waals surface area contributed by atoms with Crippen molar-refractivity contribution in [3.63, 3.8) is 0 Å². The van der Waals surface area contributed by atoms with Gasteiger partial charge in [-0.3, -0.25) is 14.4 Å².